The van der Waals surface area contributed by atoms with E-state index >= 15 is 0 Å². The molecular weight excluding hydrogens is 300 g/mol. The fourth-order valence-electron chi connectivity index (χ4n) is 1.56. The summed E-state index contributed by atoms with van der Waals surface area (Å²) in [6.07, 6.45) is 0. The molecule has 1 aromatic rings. The van der Waals surface area contributed by atoms with Crippen molar-refractivity contribution < 1.29 is 19.1 Å². The van der Waals surface area contributed by atoms with E-state index in [1.165, 1.54) is 31.0 Å². The Bertz CT molecular complexity index is 541. The van der Waals surface area contributed by atoms with Crippen LogP contribution in [-0.2, 0) is 24.8 Å². The Morgan fingerprint density at radius 2 is 1.70 bits per heavy atom. The van der Waals surface area contributed by atoms with Gasteiger partial charge in [-0.05, 0) is 23.1 Å². The van der Waals surface area contributed by atoms with E-state index < -0.39 is 17.7 Å². The van der Waals surface area contributed by atoms with Gasteiger partial charge >= 0.3 is 11.9 Å². The molecule has 106 valence electrons. The fraction of sp³-hybridized carbons (Fsp3) is 0.286. The third kappa shape index (κ3) is 3.77. The van der Waals surface area contributed by atoms with Crippen molar-refractivity contribution >= 4 is 35.3 Å². The summed E-state index contributed by atoms with van der Waals surface area (Å²) in [4.78, 5) is 23.4. The quantitative estimate of drug-likeness (QED) is 0.487. The number of esters is 2. The van der Waals surface area contributed by atoms with Crippen LogP contribution in [0.5, 0.6) is 0 Å². The van der Waals surface area contributed by atoms with E-state index in [9.17, 15) is 9.59 Å². The maximum Gasteiger partial charge on any atom is 0.349 e. The highest BCUT2D eigenvalue weighted by atomic mass is 35.5. The van der Waals surface area contributed by atoms with E-state index in [-0.39, 0.29) is 5.57 Å². The van der Waals surface area contributed by atoms with Crippen LogP contribution in [0.25, 0.3) is 0 Å². The Morgan fingerprint density at radius 1 is 1.15 bits per heavy atom. The SMILES string of the molecule is CC1(C)OC(=O)C(=CSCc2ccc(Cl)cc2)C(=O)O1. The lowest BCUT2D eigenvalue weighted by Gasteiger charge is -2.29. The molecule has 20 heavy (non-hydrogen) atoms. The molecule has 0 amide bonds. The molecule has 0 aromatic heterocycles. The summed E-state index contributed by atoms with van der Waals surface area (Å²) in [6, 6.07) is 7.34. The number of benzene rings is 1. The summed E-state index contributed by atoms with van der Waals surface area (Å²) in [5, 5.41) is 2.13. The van der Waals surface area contributed by atoms with E-state index in [0.29, 0.717) is 10.8 Å². The van der Waals surface area contributed by atoms with E-state index in [1.54, 1.807) is 12.1 Å². The smallest absolute Gasteiger partial charge is 0.349 e. The predicted octanol–water partition coefficient (Wildman–Crippen LogP) is 3.29. The van der Waals surface area contributed by atoms with Crippen LogP contribution in [0.15, 0.2) is 35.2 Å². The highest BCUT2D eigenvalue weighted by Gasteiger charge is 2.38. The third-order valence-corrected chi connectivity index (χ3v) is 3.64. The van der Waals surface area contributed by atoms with Crippen molar-refractivity contribution in [2.45, 2.75) is 25.4 Å². The monoisotopic (exact) mass is 312 g/mol. The van der Waals surface area contributed by atoms with Crippen LogP contribution in [-0.4, -0.2) is 17.7 Å². The number of thioether (sulfide) groups is 1. The molecule has 0 unspecified atom stereocenters. The number of hydrogen-bond donors (Lipinski definition) is 0. The van der Waals surface area contributed by atoms with E-state index in [2.05, 4.69) is 0 Å². The van der Waals surface area contributed by atoms with Gasteiger partial charge in [0.1, 0.15) is 0 Å². The van der Waals surface area contributed by atoms with Gasteiger partial charge in [-0.15, -0.1) is 11.8 Å². The van der Waals surface area contributed by atoms with Crippen LogP contribution in [0.4, 0.5) is 0 Å². The molecule has 1 aromatic carbocycles. The first-order valence-corrected chi connectivity index (χ1v) is 7.33. The second-order valence-electron chi connectivity index (χ2n) is 4.65. The Morgan fingerprint density at radius 3 is 2.25 bits per heavy atom. The number of ether oxygens (including phenoxy) is 2. The second kappa shape index (κ2) is 5.89. The molecule has 1 fully saturated rings. The van der Waals surface area contributed by atoms with Gasteiger partial charge in [-0.2, -0.15) is 0 Å². The first-order valence-electron chi connectivity index (χ1n) is 5.90. The largest absolute Gasteiger partial charge is 0.419 e. The molecule has 6 heteroatoms. The van der Waals surface area contributed by atoms with Crippen molar-refractivity contribution in [2.24, 2.45) is 0 Å². The summed E-state index contributed by atoms with van der Waals surface area (Å²) in [7, 11) is 0. The van der Waals surface area contributed by atoms with E-state index in [0.717, 1.165) is 5.56 Å². The molecule has 2 rings (SSSR count). The Kier molecular flexibility index (Phi) is 4.40. The van der Waals surface area contributed by atoms with Gasteiger partial charge in [0.15, 0.2) is 5.57 Å². The summed E-state index contributed by atoms with van der Waals surface area (Å²) in [6.45, 7) is 3.03. The normalized spacial score (nSPS) is 17.4. The van der Waals surface area contributed by atoms with Crippen LogP contribution in [0.3, 0.4) is 0 Å². The van der Waals surface area contributed by atoms with Gasteiger partial charge in [-0.25, -0.2) is 9.59 Å². The summed E-state index contributed by atoms with van der Waals surface area (Å²) in [5.41, 5.74) is 0.956. The number of halogens is 1. The zero-order chi connectivity index (χ0) is 14.8. The summed E-state index contributed by atoms with van der Waals surface area (Å²) < 4.78 is 9.99. The average Bonchev–Trinajstić information content (AvgIpc) is 2.33. The molecule has 1 aliphatic rings. The molecule has 0 bridgehead atoms. The molecule has 0 N–H and O–H groups in total. The van der Waals surface area contributed by atoms with Crippen LogP contribution in [0.1, 0.15) is 19.4 Å². The molecule has 0 saturated carbocycles. The number of cyclic esters (lactones) is 2. The Labute approximate surface area is 126 Å². The lowest BCUT2D eigenvalue weighted by atomic mass is 10.2. The van der Waals surface area contributed by atoms with E-state index in [4.69, 9.17) is 21.1 Å². The molecule has 0 spiro atoms. The topological polar surface area (TPSA) is 52.6 Å². The molecule has 0 atom stereocenters. The minimum atomic E-state index is -1.20. The number of carbonyl (C=O) groups is 2. The highest BCUT2D eigenvalue weighted by Crippen LogP contribution is 2.25. The van der Waals surface area contributed by atoms with Gasteiger partial charge in [0, 0.05) is 24.6 Å². The third-order valence-electron chi connectivity index (χ3n) is 2.48. The van der Waals surface area contributed by atoms with Crippen molar-refractivity contribution in [1.29, 1.82) is 0 Å². The standard InChI is InChI=1S/C14H13ClO4S/c1-14(2)18-12(16)11(13(17)19-14)8-20-7-9-3-5-10(15)6-4-9/h3-6,8H,7H2,1-2H3. The molecule has 0 radical (unpaired) electrons. The fourth-order valence-corrected chi connectivity index (χ4v) is 2.51. The van der Waals surface area contributed by atoms with Crippen LogP contribution in [0, 0.1) is 0 Å². The number of carbonyl (C=O) groups excluding carboxylic acids is 2. The first-order chi connectivity index (χ1) is 9.37. The van der Waals surface area contributed by atoms with Gasteiger partial charge in [0.05, 0.1) is 0 Å². The maximum atomic E-state index is 11.7. The van der Waals surface area contributed by atoms with Crippen LogP contribution >= 0.6 is 23.4 Å². The lowest BCUT2D eigenvalue weighted by molar-refractivity contribution is -0.222. The van der Waals surface area contributed by atoms with Gasteiger partial charge in [-0.3, -0.25) is 0 Å². The first kappa shape index (κ1) is 14.9. The van der Waals surface area contributed by atoms with Crippen molar-refractivity contribution in [2.75, 3.05) is 0 Å². The second-order valence-corrected chi connectivity index (χ2v) is 5.94. The maximum absolute atomic E-state index is 11.7. The molecule has 1 saturated heterocycles. The van der Waals surface area contributed by atoms with Crippen LogP contribution < -0.4 is 0 Å². The Balaban J connectivity index is 1.99. The van der Waals surface area contributed by atoms with Crippen LogP contribution in [0.2, 0.25) is 5.02 Å². The summed E-state index contributed by atoms with van der Waals surface area (Å²) in [5.74, 6) is -1.90. The van der Waals surface area contributed by atoms with Crippen molar-refractivity contribution in [3.8, 4) is 0 Å². The van der Waals surface area contributed by atoms with Crippen molar-refractivity contribution in [3.05, 3.63) is 45.8 Å². The molecular formula is C14H13ClO4S. The molecule has 1 heterocycles. The van der Waals surface area contributed by atoms with Crippen molar-refractivity contribution in [1.82, 2.24) is 0 Å². The molecule has 0 aliphatic carbocycles. The lowest BCUT2D eigenvalue weighted by Crippen LogP contribution is -2.41. The minimum absolute atomic E-state index is 0.0803. The van der Waals surface area contributed by atoms with Crippen molar-refractivity contribution in [3.63, 3.8) is 0 Å². The van der Waals surface area contributed by atoms with Gasteiger partial charge < -0.3 is 9.47 Å². The molecule has 1 aliphatic heterocycles. The minimum Gasteiger partial charge on any atom is -0.419 e. The molecule has 4 nitrogen and oxygen atoms in total. The van der Waals surface area contributed by atoms with Gasteiger partial charge in [-0.1, -0.05) is 23.7 Å². The predicted molar refractivity (Wildman–Crippen MR) is 77.1 cm³/mol. The number of rotatable bonds is 3. The number of hydrogen-bond acceptors (Lipinski definition) is 5. The zero-order valence-corrected chi connectivity index (χ0v) is 12.6. The van der Waals surface area contributed by atoms with Gasteiger partial charge in [0.25, 0.3) is 5.79 Å². The average molecular weight is 313 g/mol. The zero-order valence-electron chi connectivity index (χ0n) is 11.0. The van der Waals surface area contributed by atoms with E-state index in [1.807, 2.05) is 12.1 Å². The van der Waals surface area contributed by atoms with Gasteiger partial charge in [0.2, 0.25) is 0 Å². The summed E-state index contributed by atoms with van der Waals surface area (Å²) >= 11 is 7.11. The Hall–Kier alpha value is -1.46. The highest BCUT2D eigenvalue weighted by molar-refractivity contribution is 8.01.